The van der Waals surface area contributed by atoms with Crippen molar-refractivity contribution in [2.45, 2.75) is 6.18 Å². The number of para-hydroxylation sites is 1. The number of pyridine rings is 1. The number of carbonyl (C=O) groups is 1. The number of ether oxygens (including phenoxy) is 1. The lowest BCUT2D eigenvalue weighted by Gasteiger charge is -2.13. The number of primary amides is 1. The summed E-state index contributed by atoms with van der Waals surface area (Å²) in [6.07, 6.45) is -3.48. The van der Waals surface area contributed by atoms with Crippen molar-refractivity contribution in [3.8, 4) is 11.6 Å². The highest BCUT2D eigenvalue weighted by Crippen LogP contribution is 2.37. The number of rotatable bonds is 3. The lowest BCUT2D eigenvalue weighted by atomic mass is 10.2. The fourth-order valence-corrected chi connectivity index (χ4v) is 1.62. The Morgan fingerprint density at radius 2 is 1.90 bits per heavy atom. The number of anilines is 1. The highest BCUT2D eigenvalue weighted by molar-refractivity contribution is 5.98. The number of benzene rings is 1. The Morgan fingerprint density at radius 1 is 1.24 bits per heavy atom. The molecule has 0 aliphatic carbocycles. The molecule has 2 aromatic rings. The molecule has 0 fully saturated rings. The molecule has 0 unspecified atom stereocenters. The van der Waals surface area contributed by atoms with E-state index in [-0.39, 0.29) is 17.1 Å². The summed E-state index contributed by atoms with van der Waals surface area (Å²) in [5, 5.41) is 0. The zero-order valence-electron chi connectivity index (χ0n) is 10.5. The van der Waals surface area contributed by atoms with Crippen LogP contribution in [0.1, 0.15) is 15.9 Å². The maximum Gasteiger partial charge on any atom is 0.419 e. The van der Waals surface area contributed by atoms with Crippen molar-refractivity contribution in [2.75, 3.05) is 5.73 Å². The van der Waals surface area contributed by atoms with Crippen LogP contribution >= 0.6 is 0 Å². The molecule has 1 aromatic heterocycles. The van der Waals surface area contributed by atoms with Crippen molar-refractivity contribution in [3.05, 3.63) is 47.7 Å². The predicted octanol–water partition coefficient (Wildman–Crippen LogP) is 2.57. The molecule has 1 heterocycles. The Bertz CT molecular complexity index is 687. The number of nitrogen functional groups attached to an aromatic ring is 1. The van der Waals surface area contributed by atoms with Crippen LogP contribution in [0.3, 0.4) is 0 Å². The van der Waals surface area contributed by atoms with E-state index < -0.39 is 23.4 Å². The molecule has 0 aliphatic heterocycles. The summed E-state index contributed by atoms with van der Waals surface area (Å²) >= 11 is 0. The van der Waals surface area contributed by atoms with E-state index in [4.69, 9.17) is 16.2 Å². The lowest BCUT2D eigenvalue weighted by molar-refractivity contribution is -0.138. The summed E-state index contributed by atoms with van der Waals surface area (Å²) in [6.45, 7) is 0. The van der Waals surface area contributed by atoms with Crippen LogP contribution < -0.4 is 16.2 Å². The standard InChI is InChI=1S/C13H10F3N3O2/c14-13(15,16)8-3-1-2-4-10(8)21-11-5-7(12(18)20)9(17)6-19-11/h1-6H,17H2,(H2,18,20). The normalized spacial score (nSPS) is 11.2. The molecular weight excluding hydrogens is 287 g/mol. The van der Waals surface area contributed by atoms with Gasteiger partial charge >= 0.3 is 6.18 Å². The molecule has 0 saturated heterocycles. The molecule has 2 rings (SSSR count). The van der Waals surface area contributed by atoms with Gasteiger partial charge in [-0.25, -0.2) is 4.98 Å². The molecule has 110 valence electrons. The van der Waals surface area contributed by atoms with Crippen molar-refractivity contribution in [3.63, 3.8) is 0 Å². The summed E-state index contributed by atoms with van der Waals surface area (Å²) in [5.74, 6) is -1.48. The van der Waals surface area contributed by atoms with E-state index in [0.29, 0.717) is 0 Å². The van der Waals surface area contributed by atoms with Gasteiger partial charge in [0.2, 0.25) is 5.88 Å². The van der Waals surface area contributed by atoms with Crippen LogP contribution in [0, 0.1) is 0 Å². The van der Waals surface area contributed by atoms with Crippen molar-refractivity contribution >= 4 is 11.6 Å². The van der Waals surface area contributed by atoms with E-state index in [1.54, 1.807) is 0 Å². The van der Waals surface area contributed by atoms with E-state index in [1.165, 1.54) is 12.1 Å². The molecule has 0 atom stereocenters. The van der Waals surface area contributed by atoms with Crippen LogP contribution in [0.4, 0.5) is 18.9 Å². The average molecular weight is 297 g/mol. The highest BCUT2D eigenvalue weighted by atomic mass is 19.4. The first-order valence-corrected chi connectivity index (χ1v) is 5.68. The number of alkyl halides is 3. The fourth-order valence-electron chi connectivity index (χ4n) is 1.62. The number of hydrogen-bond acceptors (Lipinski definition) is 4. The molecule has 0 saturated carbocycles. The van der Waals surface area contributed by atoms with Crippen molar-refractivity contribution < 1.29 is 22.7 Å². The fraction of sp³-hybridized carbons (Fsp3) is 0.0769. The maximum atomic E-state index is 12.8. The Balaban J connectivity index is 2.40. The highest BCUT2D eigenvalue weighted by Gasteiger charge is 2.34. The Kier molecular flexibility index (Phi) is 3.70. The summed E-state index contributed by atoms with van der Waals surface area (Å²) in [7, 11) is 0. The number of carbonyl (C=O) groups excluding carboxylic acids is 1. The summed E-state index contributed by atoms with van der Waals surface area (Å²) in [6, 6.07) is 5.73. The van der Waals surface area contributed by atoms with Crippen molar-refractivity contribution in [2.24, 2.45) is 5.73 Å². The molecule has 0 bridgehead atoms. The van der Waals surface area contributed by atoms with Crippen LogP contribution in [-0.4, -0.2) is 10.9 Å². The number of aromatic nitrogens is 1. The topological polar surface area (TPSA) is 91.2 Å². The minimum absolute atomic E-state index is 0.0129. The van der Waals surface area contributed by atoms with E-state index >= 15 is 0 Å². The van der Waals surface area contributed by atoms with E-state index in [0.717, 1.165) is 24.4 Å². The summed E-state index contributed by atoms with van der Waals surface area (Å²) in [4.78, 5) is 14.8. The van der Waals surface area contributed by atoms with Gasteiger partial charge in [0.05, 0.1) is 23.0 Å². The molecular formula is C13H10F3N3O2. The van der Waals surface area contributed by atoms with Gasteiger partial charge in [0, 0.05) is 6.07 Å². The zero-order valence-corrected chi connectivity index (χ0v) is 10.5. The molecule has 1 aromatic carbocycles. The van der Waals surface area contributed by atoms with E-state index in [9.17, 15) is 18.0 Å². The molecule has 21 heavy (non-hydrogen) atoms. The monoisotopic (exact) mass is 297 g/mol. The largest absolute Gasteiger partial charge is 0.438 e. The van der Waals surface area contributed by atoms with E-state index in [1.807, 2.05) is 0 Å². The number of hydrogen-bond donors (Lipinski definition) is 2. The summed E-state index contributed by atoms with van der Waals surface area (Å²) < 4.78 is 43.6. The number of nitrogens with zero attached hydrogens (tertiary/aromatic N) is 1. The van der Waals surface area contributed by atoms with Gasteiger partial charge in [-0.1, -0.05) is 12.1 Å². The van der Waals surface area contributed by atoms with Crippen LogP contribution in [0.25, 0.3) is 0 Å². The molecule has 4 N–H and O–H groups in total. The first kappa shape index (κ1) is 14.6. The van der Waals surface area contributed by atoms with Gasteiger partial charge in [-0.2, -0.15) is 13.2 Å². The first-order valence-electron chi connectivity index (χ1n) is 5.68. The van der Waals surface area contributed by atoms with Gasteiger partial charge in [0.25, 0.3) is 5.91 Å². The van der Waals surface area contributed by atoms with Gasteiger partial charge in [-0.3, -0.25) is 4.79 Å². The Morgan fingerprint density at radius 3 is 2.52 bits per heavy atom. The summed E-state index contributed by atoms with van der Waals surface area (Å²) in [5.41, 5.74) is 9.56. The number of halogens is 3. The Hall–Kier alpha value is -2.77. The minimum atomic E-state index is -4.57. The molecule has 8 heteroatoms. The van der Waals surface area contributed by atoms with Crippen LogP contribution in [0.5, 0.6) is 11.6 Å². The van der Waals surface area contributed by atoms with Crippen LogP contribution in [0.15, 0.2) is 36.5 Å². The number of amides is 1. The third-order valence-electron chi connectivity index (χ3n) is 2.58. The van der Waals surface area contributed by atoms with Gasteiger partial charge in [-0.15, -0.1) is 0 Å². The molecule has 1 amide bonds. The third kappa shape index (κ3) is 3.22. The van der Waals surface area contributed by atoms with Crippen molar-refractivity contribution in [1.82, 2.24) is 4.98 Å². The average Bonchev–Trinajstić information content (AvgIpc) is 2.40. The second-order valence-corrected chi connectivity index (χ2v) is 4.07. The third-order valence-corrected chi connectivity index (χ3v) is 2.58. The first-order chi connectivity index (χ1) is 9.79. The second kappa shape index (κ2) is 5.31. The lowest BCUT2D eigenvalue weighted by Crippen LogP contribution is -2.14. The van der Waals surface area contributed by atoms with Gasteiger partial charge in [0.15, 0.2) is 0 Å². The van der Waals surface area contributed by atoms with Crippen LogP contribution in [0.2, 0.25) is 0 Å². The maximum absolute atomic E-state index is 12.8. The second-order valence-electron chi connectivity index (χ2n) is 4.07. The predicted molar refractivity (Wildman–Crippen MR) is 68.7 cm³/mol. The zero-order chi connectivity index (χ0) is 15.6. The molecule has 0 radical (unpaired) electrons. The smallest absolute Gasteiger partial charge is 0.419 e. The van der Waals surface area contributed by atoms with Gasteiger partial charge in [0.1, 0.15) is 5.75 Å². The van der Waals surface area contributed by atoms with Gasteiger partial charge in [-0.05, 0) is 12.1 Å². The van der Waals surface area contributed by atoms with Gasteiger partial charge < -0.3 is 16.2 Å². The number of nitrogens with two attached hydrogens (primary N) is 2. The van der Waals surface area contributed by atoms with Crippen LogP contribution in [-0.2, 0) is 6.18 Å². The molecule has 5 nitrogen and oxygen atoms in total. The quantitative estimate of drug-likeness (QED) is 0.910. The Labute approximate surface area is 117 Å². The SMILES string of the molecule is NC(=O)c1cc(Oc2ccccc2C(F)(F)F)ncc1N. The van der Waals surface area contributed by atoms with E-state index in [2.05, 4.69) is 4.98 Å². The van der Waals surface area contributed by atoms with Crippen molar-refractivity contribution in [1.29, 1.82) is 0 Å². The molecule has 0 spiro atoms. The molecule has 0 aliphatic rings. The minimum Gasteiger partial charge on any atom is -0.438 e.